The predicted molar refractivity (Wildman–Crippen MR) is 139 cm³/mol. The van der Waals surface area contributed by atoms with Crippen LogP contribution < -0.4 is 0 Å². The number of carbonyl (C=O) groups is 2. The molecule has 0 atom stereocenters. The monoisotopic (exact) mass is 472 g/mol. The van der Waals surface area contributed by atoms with Crippen molar-refractivity contribution < 1.29 is 30.0 Å². The first-order chi connectivity index (χ1) is 17.3. The summed E-state index contributed by atoms with van der Waals surface area (Å²) in [7, 11) is 0. The van der Waals surface area contributed by atoms with Crippen LogP contribution in [-0.4, -0.2) is 32.0 Å². The van der Waals surface area contributed by atoms with E-state index in [0.29, 0.717) is 16.2 Å². The number of aliphatic hydroxyl groups excluding tert-OH is 2. The summed E-state index contributed by atoms with van der Waals surface area (Å²) in [5.74, 6) is -5.20. The zero-order chi connectivity index (χ0) is 24.9. The maximum atomic E-state index is 12.5. The molecule has 1 aliphatic rings. The summed E-state index contributed by atoms with van der Waals surface area (Å²) in [6, 6.07) is 23.3. The molecule has 0 saturated heterocycles. The molecule has 0 amide bonds. The average Bonchev–Trinajstić information content (AvgIpc) is 2.87. The third kappa shape index (κ3) is 2.55. The van der Waals surface area contributed by atoms with E-state index in [4.69, 9.17) is 0 Å². The van der Waals surface area contributed by atoms with E-state index in [-0.39, 0.29) is 16.7 Å². The molecule has 0 saturated carbocycles. The summed E-state index contributed by atoms with van der Waals surface area (Å²) in [5.41, 5.74) is -0.615. The molecule has 36 heavy (non-hydrogen) atoms. The minimum atomic E-state index is -1.32. The summed E-state index contributed by atoms with van der Waals surface area (Å²) in [6.07, 6.45) is 0. The molecule has 0 aromatic heterocycles. The fourth-order valence-electron chi connectivity index (χ4n) is 5.31. The van der Waals surface area contributed by atoms with Crippen molar-refractivity contribution in [3.05, 3.63) is 89.7 Å². The van der Waals surface area contributed by atoms with Crippen molar-refractivity contribution in [2.75, 3.05) is 0 Å². The molecule has 0 bridgehead atoms. The van der Waals surface area contributed by atoms with Crippen LogP contribution in [0.1, 0.15) is 15.9 Å². The van der Waals surface area contributed by atoms with Crippen molar-refractivity contribution in [1.82, 2.24) is 0 Å². The molecule has 6 aromatic rings. The van der Waals surface area contributed by atoms with Gasteiger partial charge in [0.05, 0.1) is 10.9 Å². The Morgan fingerprint density at radius 3 is 1.64 bits per heavy atom. The van der Waals surface area contributed by atoms with Gasteiger partial charge >= 0.3 is 0 Å². The lowest BCUT2D eigenvalue weighted by molar-refractivity contribution is -0.114. The second kappa shape index (κ2) is 6.73. The van der Waals surface area contributed by atoms with E-state index < -0.39 is 34.4 Å². The van der Waals surface area contributed by atoms with Gasteiger partial charge in [0.25, 0.3) is 5.78 Å². The van der Waals surface area contributed by atoms with Gasteiger partial charge in [0, 0.05) is 10.9 Å². The first kappa shape index (κ1) is 20.3. The van der Waals surface area contributed by atoms with Crippen molar-refractivity contribution in [3.63, 3.8) is 0 Å². The van der Waals surface area contributed by atoms with E-state index in [1.807, 2.05) is 30.3 Å². The van der Waals surface area contributed by atoms with Crippen LogP contribution in [0.5, 0.6) is 11.5 Å². The van der Waals surface area contributed by atoms with Crippen LogP contribution in [0.2, 0.25) is 0 Å². The number of aliphatic hydroxyl groups is 2. The number of carbonyl (C=O) groups excluding carboxylic acids is 2. The first-order valence-electron chi connectivity index (χ1n) is 11.2. The lowest BCUT2D eigenvalue weighted by Gasteiger charge is -2.18. The Balaban J connectivity index is 1.56. The van der Waals surface area contributed by atoms with Crippen LogP contribution in [0, 0.1) is 0 Å². The standard InChI is InChI=1S/C30H16O6/c31-25-21-11-18-8-16-6-14-4-2-1-3-13(14)5-15(16)7-17(18)9-19(21)10-20-12-22-24(27(33)23(20)25)28(34)30(36)29(35)26(22)32/h1-12,31-33,35H. The normalized spacial score (nSPS) is 14.0. The van der Waals surface area contributed by atoms with E-state index in [0.717, 1.165) is 32.3 Å². The second-order valence-electron chi connectivity index (χ2n) is 9.15. The molecule has 4 N–H and O–H groups in total. The van der Waals surface area contributed by atoms with Gasteiger partial charge in [-0.05, 0) is 91.6 Å². The van der Waals surface area contributed by atoms with E-state index in [1.54, 1.807) is 6.07 Å². The summed E-state index contributed by atoms with van der Waals surface area (Å²) >= 11 is 0. The largest absolute Gasteiger partial charge is 0.507 e. The van der Waals surface area contributed by atoms with Crippen LogP contribution in [-0.2, 0) is 4.79 Å². The van der Waals surface area contributed by atoms with Crippen molar-refractivity contribution in [1.29, 1.82) is 0 Å². The van der Waals surface area contributed by atoms with Crippen molar-refractivity contribution in [2.45, 2.75) is 0 Å². The van der Waals surface area contributed by atoms with Gasteiger partial charge in [-0.15, -0.1) is 0 Å². The number of phenolic OH excluding ortho intramolecular Hbond substituents is 2. The third-order valence-electron chi connectivity index (χ3n) is 7.09. The Bertz CT molecular complexity index is 2070. The highest BCUT2D eigenvalue weighted by Gasteiger charge is 2.36. The van der Waals surface area contributed by atoms with Crippen LogP contribution in [0.3, 0.4) is 0 Å². The maximum absolute atomic E-state index is 12.5. The van der Waals surface area contributed by atoms with Gasteiger partial charge < -0.3 is 20.4 Å². The molecule has 0 unspecified atom stereocenters. The molecule has 0 fully saturated rings. The lowest BCUT2D eigenvalue weighted by Crippen LogP contribution is -2.24. The number of hydrogen-bond donors (Lipinski definition) is 4. The smallest absolute Gasteiger partial charge is 0.271 e. The highest BCUT2D eigenvalue weighted by atomic mass is 16.3. The number of Topliss-reactive ketones (excluding diaryl/α,β-unsaturated/α-hetero) is 2. The Kier molecular flexibility index (Phi) is 3.79. The van der Waals surface area contributed by atoms with Crippen LogP contribution in [0.4, 0.5) is 0 Å². The van der Waals surface area contributed by atoms with Gasteiger partial charge in [0.15, 0.2) is 5.76 Å². The summed E-state index contributed by atoms with van der Waals surface area (Å²) < 4.78 is 0. The molecule has 0 radical (unpaired) electrons. The molecule has 6 aromatic carbocycles. The number of phenols is 2. The number of fused-ring (bicyclic) bond motifs is 6. The van der Waals surface area contributed by atoms with Crippen LogP contribution in [0.25, 0.3) is 59.6 Å². The number of rotatable bonds is 0. The third-order valence-corrected chi connectivity index (χ3v) is 7.09. The first-order valence-corrected chi connectivity index (χ1v) is 11.2. The molecule has 0 heterocycles. The zero-order valence-electron chi connectivity index (χ0n) is 18.5. The maximum Gasteiger partial charge on any atom is 0.271 e. The topological polar surface area (TPSA) is 115 Å². The number of ketones is 2. The number of hydrogen-bond acceptors (Lipinski definition) is 6. The van der Waals surface area contributed by atoms with Gasteiger partial charge in [-0.1, -0.05) is 24.3 Å². The Labute approximate surface area is 202 Å². The van der Waals surface area contributed by atoms with Crippen molar-refractivity contribution in [3.8, 4) is 11.5 Å². The Hall–Kier alpha value is -5.10. The summed E-state index contributed by atoms with van der Waals surface area (Å²) in [5, 5.41) is 49.9. The van der Waals surface area contributed by atoms with Crippen molar-refractivity contribution in [2.24, 2.45) is 0 Å². The van der Waals surface area contributed by atoms with Crippen LogP contribution in [0.15, 0.2) is 78.6 Å². The van der Waals surface area contributed by atoms with Gasteiger partial charge in [-0.25, -0.2) is 0 Å². The van der Waals surface area contributed by atoms with Crippen molar-refractivity contribution >= 4 is 71.2 Å². The number of benzene rings is 6. The average molecular weight is 472 g/mol. The van der Waals surface area contributed by atoms with E-state index in [1.165, 1.54) is 6.07 Å². The van der Waals surface area contributed by atoms with E-state index in [2.05, 4.69) is 30.3 Å². The fourth-order valence-corrected chi connectivity index (χ4v) is 5.31. The predicted octanol–water partition coefficient (Wildman–Crippen LogP) is 6.41. The zero-order valence-corrected chi connectivity index (χ0v) is 18.5. The van der Waals surface area contributed by atoms with Gasteiger partial charge in [0.1, 0.15) is 11.5 Å². The molecule has 172 valence electrons. The number of allylic oxidation sites excluding steroid dienone is 1. The molecule has 7 rings (SSSR count). The highest BCUT2D eigenvalue weighted by Crippen LogP contribution is 2.45. The molecule has 0 spiro atoms. The summed E-state index contributed by atoms with van der Waals surface area (Å²) in [4.78, 5) is 24.5. The lowest BCUT2D eigenvalue weighted by atomic mass is 9.87. The SMILES string of the molecule is O=C1C(=O)c2c(cc3cc4cc5cc6cc7ccccc7cc6cc5cc4c(O)c3c2O)C(O)=C1O. The molecular formula is C30H16O6. The quantitative estimate of drug-likeness (QED) is 0.150. The second-order valence-corrected chi connectivity index (χ2v) is 9.15. The Morgan fingerprint density at radius 2 is 1.00 bits per heavy atom. The van der Waals surface area contributed by atoms with Gasteiger partial charge in [0.2, 0.25) is 11.5 Å². The molecule has 0 aliphatic heterocycles. The molecule has 6 nitrogen and oxygen atoms in total. The fraction of sp³-hybridized carbons (Fsp3) is 0. The minimum Gasteiger partial charge on any atom is -0.507 e. The highest BCUT2D eigenvalue weighted by molar-refractivity contribution is 6.52. The van der Waals surface area contributed by atoms with Gasteiger partial charge in [-0.2, -0.15) is 0 Å². The Morgan fingerprint density at radius 1 is 0.472 bits per heavy atom. The van der Waals surface area contributed by atoms with E-state index >= 15 is 0 Å². The number of aromatic hydroxyl groups is 2. The molecule has 1 aliphatic carbocycles. The molecular weight excluding hydrogens is 456 g/mol. The molecule has 6 heteroatoms. The van der Waals surface area contributed by atoms with Gasteiger partial charge in [-0.3, -0.25) is 9.59 Å². The van der Waals surface area contributed by atoms with Crippen LogP contribution >= 0.6 is 0 Å². The minimum absolute atomic E-state index is 0.0114. The summed E-state index contributed by atoms with van der Waals surface area (Å²) in [6.45, 7) is 0. The van der Waals surface area contributed by atoms with E-state index in [9.17, 15) is 30.0 Å².